The first-order chi connectivity index (χ1) is 10.8. The summed E-state index contributed by atoms with van der Waals surface area (Å²) in [4.78, 5) is 12.4. The lowest BCUT2D eigenvalue weighted by Gasteiger charge is -2.28. The fourth-order valence-corrected chi connectivity index (χ4v) is 3.77. The predicted octanol–water partition coefficient (Wildman–Crippen LogP) is 2.51. The molecule has 1 saturated heterocycles. The van der Waals surface area contributed by atoms with Crippen LogP contribution in [0.5, 0.6) is 0 Å². The van der Waals surface area contributed by atoms with E-state index in [0.717, 1.165) is 38.3 Å². The van der Waals surface area contributed by atoms with Crippen LogP contribution in [0.4, 0.5) is 0 Å². The van der Waals surface area contributed by atoms with Gasteiger partial charge in [-0.25, -0.2) is 0 Å². The van der Waals surface area contributed by atoms with Crippen LogP contribution in [0.3, 0.4) is 0 Å². The Kier molecular flexibility index (Phi) is 5.13. The SMILES string of the molecule is CCC1CCCC(NC(=O)c2ccn(C3CCCNC3)n2)C1. The molecule has 0 spiro atoms. The Morgan fingerprint density at radius 1 is 1.41 bits per heavy atom. The Labute approximate surface area is 132 Å². The highest BCUT2D eigenvalue weighted by Crippen LogP contribution is 2.26. The minimum absolute atomic E-state index is 0.00993. The molecule has 1 aliphatic heterocycles. The van der Waals surface area contributed by atoms with Crippen molar-refractivity contribution >= 4 is 5.91 Å². The number of piperidine rings is 1. The number of amides is 1. The van der Waals surface area contributed by atoms with Crippen LogP contribution < -0.4 is 10.6 Å². The number of carbonyl (C=O) groups excluding carboxylic acids is 1. The van der Waals surface area contributed by atoms with Gasteiger partial charge in [0.25, 0.3) is 5.91 Å². The van der Waals surface area contributed by atoms with Crippen molar-refractivity contribution in [1.82, 2.24) is 20.4 Å². The minimum atomic E-state index is -0.00993. The summed E-state index contributed by atoms with van der Waals surface area (Å²) >= 11 is 0. The summed E-state index contributed by atoms with van der Waals surface area (Å²) in [5.74, 6) is 0.759. The van der Waals surface area contributed by atoms with E-state index in [9.17, 15) is 4.79 Å². The summed E-state index contributed by atoms with van der Waals surface area (Å²) < 4.78 is 1.96. The van der Waals surface area contributed by atoms with Crippen LogP contribution >= 0.6 is 0 Å². The Morgan fingerprint density at radius 3 is 3.09 bits per heavy atom. The van der Waals surface area contributed by atoms with Crippen LogP contribution in [-0.2, 0) is 0 Å². The zero-order valence-electron chi connectivity index (χ0n) is 13.6. The maximum Gasteiger partial charge on any atom is 0.271 e. The van der Waals surface area contributed by atoms with Crippen LogP contribution in [0.25, 0.3) is 0 Å². The molecule has 2 fully saturated rings. The molecule has 3 unspecified atom stereocenters. The lowest BCUT2D eigenvalue weighted by molar-refractivity contribution is 0.0912. The van der Waals surface area contributed by atoms with Gasteiger partial charge in [-0.1, -0.05) is 26.2 Å². The molecule has 3 rings (SSSR count). The largest absolute Gasteiger partial charge is 0.348 e. The first-order valence-electron chi connectivity index (χ1n) is 8.83. The second-order valence-electron chi connectivity index (χ2n) is 6.79. The van der Waals surface area contributed by atoms with Gasteiger partial charge in [0, 0.05) is 18.8 Å². The van der Waals surface area contributed by atoms with Gasteiger partial charge in [0.1, 0.15) is 5.69 Å². The van der Waals surface area contributed by atoms with E-state index in [2.05, 4.69) is 22.7 Å². The summed E-state index contributed by atoms with van der Waals surface area (Å²) in [6, 6.07) is 2.56. The van der Waals surface area contributed by atoms with E-state index in [-0.39, 0.29) is 5.91 Å². The highest BCUT2D eigenvalue weighted by Gasteiger charge is 2.24. The third-order valence-electron chi connectivity index (χ3n) is 5.18. The smallest absolute Gasteiger partial charge is 0.271 e. The molecular formula is C17H28N4O. The van der Waals surface area contributed by atoms with Crippen molar-refractivity contribution in [2.45, 2.75) is 64.0 Å². The van der Waals surface area contributed by atoms with Gasteiger partial charge in [-0.2, -0.15) is 5.10 Å². The normalized spacial score (nSPS) is 29.2. The third kappa shape index (κ3) is 3.69. The second-order valence-corrected chi connectivity index (χ2v) is 6.79. The fraction of sp³-hybridized carbons (Fsp3) is 0.765. The first kappa shape index (κ1) is 15.5. The van der Waals surface area contributed by atoms with Gasteiger partial charge >= 0.3 is 0 Å². The van der Waals surface area contributed by atoms with E-state index >= 15 is 0 Å². The number of hydrogen-bond acceptors (Lipinski definition) is 3. The molecule has 2 heterocycles. The standard InChI is InChI=1S/C17H28N4O/c1-2-13-5-3-6-14(11-13)19-17(22)16-8-10-21(20-16)15-7-4-9-18-12-15/h8,10,13-15,18H,2-7,9,11-12H2,1H3,(H,19,22). The van der Waals surface area contributed by atoms with Crippen LogP contribution in [0.1, 0.15) is 68.4 Å². The highest BCUT2D eigenvalue weighted by atomic mass is 16.2. The Bertz CT molecular complexity index is 493. The number of nitrogens with zero attached hydrogens (tertiary/aromatic N) is 2. The van der Waals surface area contributed by atoms with Crippen molar-refractivity contribution in [3.63, 3.8) is 0 Å². The fourth-order valence-electron chi connectivity index (χ4n) is 3.77. The van der Waals surface area contributed by atoms with E-state index in [1.807, 2.05) is 16.9 Å². The topological polar surface area (TPSA) is 59.0 Å². The molecular weight excluding hydrogens is 276 g/mol. The van der Waals surface area contributed by atoms with Crippen LogP contribution in [0.15, 0.2) is 12.3 Å². The van der Waals surface area contributed by atoms with Crippen molar-refractivity contribution in [2.24, 2.45) is 5.92 Å². The van der Waals surface area contributed by atoms with E-state index in [1.54, 1.807) is 0 Å². The molecule has 1 amide bonds. The van der Waals surface area contributed by atoms with Gasteiger partial charge in [0.2, 0.25) is 0 Å². The number of carbonyl (C=O) groups is 1. The molecule has 122 valence electrons. The summed E-state index contributed by atoms with van der Waals surface area (Å²) in [5, 5.41) is 11.1. The Hall–Kier alpha value is -1.36. The lowest BCUT2D eigenvalue weighted by atomic mass is 9.84. The van der Waals surface area contributed by atoms with Gasteiger partial charge < -0.3 is 10.6 Å². The van der Waals surface area contributed by atoms with Crippen molar-refractivity contribution in [1.29, 1.82) is 0 Å². The maximum atomic E-state index is 12.4. The summed E-state index contributed by atoms with van der Waals surface area (Å²) in [5.41, 5.74) is 0.559. The lowest BCUT2D eigenvalue weighted by Crippen LogP contribution is -2.38. The molecule has 22 heavy (non-hydrogen) atoms. The van der Waals surface area contributed by atoms with Crippen LogP contribution in [0, 0.1) is 5.92 Å². The molecule has 3 atom stereocenters. The van der Waals surface area contributed by atoms with Crippen molar-refractivity contribution in [2.75, 3.05) is 13.1 Å². The highest BCUT2D eigenvalue weighted by molar-refractivity contribution is 5.92. The van der Waals surface area contributed by atoms with Crippen LogP contribution in [0.2, 0.25) is 0 Å². The van der Waals surface area contributed by atoms with E-state index < -0.39 is 0 Å². The van der Waals surface area contributed by atoms with Gasteiger partial charge in [-0.3, -0.25) is 9.48 Å². The van der Waals surface area contributed by atoms with Gasteiger partial charge in [0.15, 0.2) is 0 Å². The summed E-state index contributed by atoms with van der Waals surface area (Å²) in [6.45, 7) is 4.28. The molecule has 5 nitrogen and oxygen atoms in total. The molecule has 1 saturated carbocycles. The third-order valence-corrected chi connectivity index (χ3v) is 5.18. The first-order valence-corrected chi connectivity index (χ1v) is 8.83. The van der Waals surface area contributed by atoms with Crippen molar-refractivity contribution < 1.29 is 4.79 Å². The molecule has 0 radical (unpaired) electrons. The molecule has 1 aliphatic carbocycles. The summed E-state index contributed by atoms with van der Waals surface area (Å²) in [7, 11) is 0. The predicted molar refractivity (Wildman–Crippen MR) is 86.9 cm³/mol. The maximum absolute atomic E-state index is 12.4. The summed E-state index contributed by atoms with van der Waals surface area (Å²) in [6.07, 6.45) is 10.2. The second kappa shape index (κ2) is 7.27. The minimum Gasteiger partial charge on any atom is -0.348 e. The quantitative estimate of drug-likeness (QED) is 0.898. The van der Waals surface area contributed by atoms with E-state index in [4.69, 9.17) is 0 Å². The van der Waals surface area contributed by atoms with E-state index in [1.165, 1.54) is 25.7 Å². The van der Waals surface area contributed by atoms with Gasteiger partial charge in [-0.05, 0) is 44.2 Å². The van der Waals surface area contributed by atoms with E-state index in [0.29, 0.717) is 17.8 Å². The molecule has 1 aromatic rings. The molecule has 0 bridgehead atoms. The van der Waals surface area contributed by atoms with Gasteiger partial charge in [0.05, 0.1) is 6.04 Å². The Morgan fingerprint density at radius 2 is 2.32 bits per heavy atom. The monoisotopic (exact) mass is 304 g/mol. The van der Waals surface area contributed by atoms with Crippen molar-refractivity contribution in [3.8, 4) is 0 Å². The molecule has 2 N–H and O–H groups in total. The number of rotatable bonds is 4. The van der Waals surface area contributed by atoms with Gasteiger partial charge in [-0.15, -0.1) is 0 Å². The number of hydrogen-bond donors (Lipinski definition) is 2. The number of aromatic nitrogens is 2. The van der Waals surface area contributed by atoms with Crippen LogP contribution in [-0.4, -0.2) is 34.8 Å². The zero-order chi connectivity index (χ0) is 15.4. The number of nitrogens with one attached hydrogen (secondary N) is 2. The molecule has 2 aliphatic rings. The molecule has 0 aromatic carbocycles. The molecule has 5 heteroatoms. The van der Waals surface area contributed by atoms with Crippen molar-refractivity contribution in [3.05, 3.63) is 18.0 Å². The average molecular weight is 304 g/mol. The average Bonchev–Trinajstić information content (AvgIpc) is 3.06. The zero-order valence-corrected chi connectivity index (χ0v) is 13.6. The molecule has 1 aromatic heterocycles. The Balaban J connectivity index is 1.57.